The number of hydrogen-bond donors (Lipinski definition) is 1. The smallest absolute Gasteiger partial charge is 0.308 e. The number of piperidine rings is 1. The summed E-state index contributed by atoms with van der Waals surface area (Å²) < 4.78 is 10.3. The van der Waals surface area contributed by atoms with Crippen LogP contribution in [0, 0.1) is 11.3 Å². The minimum Gasteiger partial charge on any atom is -0.469 e. The number of aliphatic imine (C=N–C) groups is 1. The molecule has 0 radical (unpaired) electrons. The Hall–Kier alpha value is -1.30. The van der Waals surface area contributed by atoms with Crippen LogP contribution in [0.15, 0.2) is 4.99 Å². The van der Waals surface area contributed by atoms with Crippen LogP contribution >= 0.6 is 0 Å². The molecule has 0 aliphatic carbocycles. The molecule has 0 amide bonds. The van der Waals surface area contributed by atoms with E-state index in [1.54, 1.807) is 0 Å². The predicted octanol–water partition coefficient (Wildman–Crippen LogP) is 1.26. The van der Waals surface area contributed by atoms with E-state index < -0.39 is 0 Å². The molecule has 126 valence electrons. The monoisotopic (exact) mass is 311 g/mol. The van der Waals surface area contributed by atoms with E-state index >= 15 is 0 Å². The van der Waals surface area contributed by atoms with Crippen LogP contribution < -0.4 is 5.32 Å². The highest BCUT2D eigenvalue weighted by Gasteiger charge is 2.31. The summed E-state index contributed by atoms with van der Waals surface area (Å²) >= 11 is 0. The van der Waals surface area contributed by atoms with Crippen molar-refractivity contribution in [1.82, 2.24) is 10.2 Å². The molecular weight excluding hydrogens is 282 g/mol. The summed E-state index contributed by atoms with van der Waals surface area (Å²) in [6.45, 7) is 9.27. The van der Waals surface area contributed by atoms with Gasteiger partial charge in [-0.2, -0.15) is 0 Å². The molecule has 2 rings (SSSR count). The van der Waals surface area contributed by atoms with Crippen LogP contribution in [0.25, 0.3) is 0 Å². The van der Waals surface area contributed by atoms with E-state index in [4.69, 9.17) is 14.5 Å². The maximum absolute atomic E-state index is 11.6. The molecule has 2 fully saturated rings. The average Bonchev–Trinajstić information content (AvgIpc) is 2.98. The van der Waals surface area contributed by atoms with Crippen LogP contribution in [-0.4, -0.2) is 63.3 Å². The fraction of sp³-hybridized carbons (Fsp3) is 0.875. The van der Waals surface area contributed by atoms with Gasteiger partial charge in [-0.05, 0) is 26.2 Å². The SMILES string of the molecule is CCNC(=NCC1(C)CCOC1)N1CCC(C(=O)OC)CC1. The van der Waals surface area contributed by atoms with Gasteiger partial charge >= 0.3 is 5.97 Å². The molecular formula is C16H29N3O3. The molecule has 1 N–H and O–H groups in total. The Kier molecular flexibility index (Phi) is 6.06. The molecule has 6 nitrogen and oxygen atoms in total. The average molecular weight is 311 g/mol. The van der Waals surface area contributed by atoms with Crippen molar-refractivity contribution in [3.8, 4) is 0 Å². The normalized spacial score (nSPS) is 27.0. The van der Waals surface area contributed by atoms with Crippen LogP contribution in [0.2, 0.25) is 0 Å². The molecule has 0 spiro atoms. The third-order valence-corrected chi connectivity index (χ3v) is 4.57. The second-order valence-corrected chi connectivity index (χ2v) is 6.57. The topological polar surface area (TPSA) is 63.2 Å². The van der Waals surface area contributed by atoms with Gasteiger partial charge in [0, 0.05) is 31.7 Å². The van der Waals surface area contributed by atoms with E-state index in [2.05, 4.69) is 24.1 Å². The summed E-state index contributed by atoms with van der Waals surface area (Å²) in [4.78, 5) is 18.7. The molecule has 2 aliphatic rings. The number of hydrogen-bond acceptors (Lipinski definition) is 4. The highest BCUT2D eigenvalue weighted by molar-refractivity contribution is 5.80. The number of ether oxygens (including phenoxy) is 2. The summed E-state index contributed by atoms with van der Waals surface area (Å²) in [5.41, 5.74) is 0.158. The highest BCUT2D eigenvalue weighted by atomic mass is 16.5. The number of methoxy groups -OCH3 is 1. The molecule has 1 atom stereocenters. The fourth-order valence-electron chi connectivity index (χ4n) is 3.02. The Balaban J connectivity index is 1.92. The zero-order valence-corrected chi connectivity index (χ0v) is 14.1. The lowest BCUT2D eigenvalue weighted by molar-refractivity contribution is -0.146. The Labute approximate surface area is 133 Å². The first-order chi connectivity index (χ1) is 10.6. The van der Waals surface area contributed by atoms with Gasteiger partial charge in [0.2, 0.25) is 0 Å². The van der Waals surface area contributed by atoms with Gasteiger partial charge in [0.15, 0.2) is 5.96 Å². The maximum Gasteiger partial charge on any atom is 0.308 e. The minimum absolute atomic E-state index is 0.0323. The van der Waals surface area contributed by atoms with Crippen molar-refractivity contribution in [3.05, 3.63) is 0 Å². The first-order valence-corrected chi connectivity index (χ1v) is 8.27. The summed E-state index contributed by atoms with van der Waals surface area (Å²) in [5, 5.41) is 3.37. The van der Waals surface area contributed by atoms with E-state index in [1.807, 2.05) is 0 Å². The highest BCUT2D eigenvalue weighted by Crippen LogP contribution is 2.28. The number of nitrogens with zero attached hydrogens (tertiary/aromatic N) is 2. The van der Waals surface area contributed by atoms with Crippen molar-refractivity contribution in [1.29, 1.82) is 0 Å². The quantitative estimate of drug-likeness (QED) is 0.481. The minimum atomic E-state index is -0.0859. The van der Waals surface area contributed by atoms with E-state index in [-0.39, 0.29) is 17.3 Å². The van der Waals surface area contributed by atoms with E-state index in [9.17, 15) is 4.79 Å². The molecule has 0 bridgehead atoms. The van der Waals surface area contributed by atoms with Crippen molar-refractivity contribution >= 4 is 11.9 Å². The van der Waals surface area contributed by atoms with Crippen molar-refractivity contribution < 1.29 is 14.3 Å². The number of esters is 1. The lowest BCUT2D eigenvalue weighted by atomic mass is 9.90. The molecule has 2 saturated heterocycles. The molecule has 6 heteroatoms. The van der Waals surface area contributed by atoms with E-state index in [1.165, 1.54) is 7.11 Å². The molecule has 0 aromatic heterocycles. The standard InChI is InChI=1S/C16H29N3O3/c1-4-17-15(18-11-16(2)7-10-22-12-16)19-8-5-13(6-9-19)14(20)21-3/h13H,4-12H2,1-3H3,(H,17,18). The van der Waals surface area contributed by atoms with Crippen LogP contribution in [0.1, 0.15) is 33.1 Å². The number of carbonyl (C=O) groups excluding carboxylic acids is 1. The molecule has 22 heavy (non-hydrogen) atoms. The van der Waals surface area contributed by atoms with Crippen LogP contribution in [0.3, 0.4) is 0 Å². The lowest BCUT2D eigenvalue weighted by Crippen LogP contribution is -2.47. The van der Waals surface area contributed by atoms with Gasteiger partial charge in [0.25, 0.3) is 0 Å². The second-order valence-electron chi connectivity index (χ2n) is 6.57. The molecule has 0 aromatic carbocycles. The van der Waals surface area contributed by atoms with Crippen molar-refractivity contribution in [3.63, 3.8) is 0 Å². The molecule has 0 saturated carbocycles. The third-order valence-electron chi connectivity index (χ3n) is 4.57. The third kappa shape index (κ3) is 4.35. The van der Waals surface area contributed by atoms with Crippen LogP contribution in [-0.2, 0) is 14.3 Å². The van der Waals surface area contributed by atoms with Gasteiger partial charge in [0.05, 0.1) is 26.2 Å². The van der Waals surface area contributed by atoms with Crippen LogP contribution in [0.4, 0.5) is 0 Å². The summed E-state index contributed by atoms with van der Waals surface area (Å²) in [6.07, 6.45) is 2.73. The van der Waals surface area contributed by atoms with Gasteiger partial charge in [0.1, 0.15) is 0 Å². The van der Waals surface area contributed by atoms with Crippen molar-refractivity contribution in [2.45, 2.75) is 33.1 Å². The van der Waals surface area contributed by atoms with E-state index in [0.717, 1.165) is 64.6 Å². The Morgan fingerprint density at radius 2 is 2.18 bits per heavy atom. The van der Waals surface area contributed by atoms with Gasteiger partial charge in [-0.3, -0.25) is 9.79 Å². The van der Waals surface area contributed by atoms with Gasteiger partial charge in [-0.1, -0.05) is 6.92 Å². The van der Waals surface area contributed by atoms with Gasteiger partial charge in [-0.25, -0.2) is 0 Å². The van der Waals surface area contributed by atoms with Gasteiger partial charge < -0.3 is 19.7 Å². The second kappa shape index (κ2) is 7.81. The maximum atomic E-state index is 11.6. The first-order valence-electron chi connectivity index (χ1n) is 8.27. The number of nitrogens with one attached hydrogen (secondary N) is 1. The summed E-state index contributed by atoms with van der Waals surface area (Å²) in [5.74, 6) is 0.904. The molecule has 2 heterocycles. The van der Waals surface area contributed by atoms with Crippen molar-refractivity contribution in [2.24, 2.45) is 16.3 Å². The predicted molar refractivity (Wildman–Crippen MR) is 85.8 cm³/mol. The molecule has 1 unspecified atom stereocenters. The van der Waals surface area contributed by atoms with Gasteiger partial charge in [-0.15, -0.1) is 0 Å². The zero-order chi connectivity index (χ0) is 16.0. The summed E-state index contributed by atoms with van der Waals surface area (Å²) in [6, 6.07) is 0. The lowest BCUT2D eigenvalue weighted by Gasteiger charge is -2.33. The largest absolute Gasteiger partial charge is 0.469 e. The molecule has 0 aromatic rings. The zero-order valence-electron chi connectivity index (χ0n) is 14.1. The van der Waals surface area contributed by atoms with Crippen LogP contribution in [0.5, 0.6) is 0 Å². The number of likely N-dealkylation sites (tertiary alicyclic amines) is 1. The molecule has 2 aliphatic heterocycles. The first kappa shape index (κ1) is 17.1. The fourth-order valence-corrected chi connectivity index (χ4v) is 3.02. The van der Waals surface area contributed by atoms with Crippen molar-refractivity contribution in [2.75, 3.05) is 46.5 Å². The van der Waals surface area contributed by atoms with E-state index in [0.29, 0.717) is 0 Å². The Morgan fingerprint density at radius 1 is 1.45 bits per heavy atom. The number of carbonyl (C=O) groups is 1. The Bertz CT molecular complexity index is 397. The summed E-state index contributed by atoms with van der Waals surface area (Å²) in [7, 11) is 1.46. The Morgan fingerprint density at radius 3 is 2.73 bits per heavy atom. The number of rotatable bonds is 4. The number of guanidine groups is 1.